The second-order valence-corrected chi connectivity index (χ2v) is 8.13. The molecule has 1 aliphatic heterocycles. The number of nitrogens with one attached hydrogen (secondary N) is 3. The first-order valence-electron chi connectivity index (χ1n) is 12.2. The summed E-state index contributed by atoms with van der Waals surface area (Å²) in [5, 5.41) is 9.26. The number of methoxy groups -OCH3 is 2. The van der Waals surface area contributed by atoms with E-state index in [9.17, 15) is 14.4 Å². The minimum atomic E-state index is -0.764. The van der Waals surface area contributed by atoms with Crippen LogP contribution < -0.4 is 35.0 Å². The van der Waals surface area contributed by atoms with Gasteiger partial charge in [0.2, 0.25) is 0 Å². The SMILES string of the molecule is CCOC(=O)C1=C(C)NC(=O)N[C@H]1c1ccc(OCC(=O)N/N=C\c2ccc(OCC)c(OC)c2)c(OC)c1. The first kappa shape index (κ1) is 28.8. The molecule has 12 heteroatoms. The van der Waals surface area contributed by atoms with Crippen LogP contribution in [0.4, 0.5) is 4.79 Å². The smallest absolute Gasteiger partial charge is 0.338 e. The largest absolute Gasteiger partial charge is 0.493 e. The number of hydrogen-bond donors (Lipinski definition) is 3. The summed E-state index contributed by atoms with van der Waals surface area (Å²) in [5.74, 6) is 0.710. The van der Waals surface area contributed by atoms with Crippen molar-refractivity contribution in [1.82, 2.24) is 16.1 Å². The van der Waals surface area contributed by atoms with Crippen LogP contribution in [-0.2, 0) is 14.3 Å². The molecule has 2 aromatic carbocycles. The molecule has 1 aliphatic rings. The van der Waals surface area contributed by atoms with Gasteiger partial charge in [-0.05, 0) is 62.2 Å². The fourth-order valence-corrected chi connectivity index (χ4v) is 3.80. The average molecular weight is 541 g/mol. The highest BCUT2D eigenvalue weighted by Gasteiger charge is 2.32. The van der Waals surface area contributed by atoms with Gasteiger partial charge in [0.15, 0.2) is 29.6 Å². The summed E-state index contributed by atoms with van der Waals surface area (Å²) in [5.41, 5.74) is 4.33. The predicted octanol–water partition coefficient (Wildman–Crippen LogP) is 2.82. The number of benzene rings is 2. The molecule has 1 heterocycles. The number of carbonyl (C=O) groups excluding carboxylic acids is 3. The van der Waals surface area contributed by atoms with E-state index in [0.717, 1.165) is 0 Å². The molecular formula is C27H32N4O8. The monoisotopic (exact) mass is 540 g/mol. The van der Waals surface area contributed by atoms with Gasteiger partial charge >= 0.3 is 12.0 Å². The number of urea groups is 1. The first-order chi connectivity index (χ1) is 18.8. The van der Waals surface area contributed by atoms with Gasteiger partial charge in [-0.15, -0.1) is 0 Å². The average Bonchev–Trinajstić information content (AvgIpc) is 2.92. The molecule has 12 nitrogen and oxygen atoms in total. The molecule has 39 heavy (non-hydrogen) atoms. The Bertz CT molecular complexity index is 1270. The van der Waals surface area contributed by atoms with Crippen molar-refractivity contribution in [2.24, 2.45) is 5.10 Å². The molecule has 3 amide bonds. The van der Waals surface area contributed by atoms with E-state index in [1.165, 1.54) is 20.4 Å². The third kappa shape index (κ3) is 7.40. The highest BCUT2D eigenvalue weighted by atomic mass is 16.5. The van der Waals surface area contributed by atoms with E-state index in [0.29, 0.717) is 40.7 Å². The molecule has 1 atom stereocenters. The Morgan fingerprint density at radius 1 is 0.974 bits per heavy atom. The molecule has 0 radical (unpaired) electrons. The number of hydrogen-bond acceptors (Lipinski definition) is 9. The van der Waals surface area contributed by atoms with Gasteiger partial charge in [0.1, 0.15) is 0 Å². The zero-order valence-corrected chi connectivity index (χ0v) is 22.5. The quantitative estimate of drug-likeness (QED) is 0.212. The van der Waals surface area contributed by atoms with Crippen LogP contribution in [0.1, 0.15) is 37.9 Å². The summed E-state index contributed by atoms with van der Waals surface area (Å²) in [6, 6.07) is 8.92. The van der Waals surface area contributed by atoms with Gasteiger partial charge in [-0.1, -0.05) is 6.07 Å². The number of carbonyl (C=O) groups is 3. The van der Waals surface area contributed by atoms with Gasteiger partial charge < -0.3 is 34.3 Å². The topological polar surface area (TPSA) is 146 Å². The van der Waals surface area contributed by atoms with Crippen molar-refractivity contribution in [3.63, 3.8) is 0 Å². The van der Waals surface area contributed by atoms with Crippen molar-refractivity contribution >= 4 is 24.1 Å². The Kier molecular flexibility index (Phi) is 10.1. The Morgan fingerprint density at radius 2 is 1.67 bits per heavy atom. The normalized spacial score (nSPS) is 14.8. The summed E-state index contributed by atoms with van der Waals surface area (Å²) in [6.45, 7) is 5.56. The third-order valence-corrected chi connectivity index (χ3v) is 5.53. The van der Waals surface area contributed by atoms with E-state index in [4.69, 9.17) is 23.7 Å². The maximum absolute atomic E-state index is 12.6. The van der Waals surface area contributed by atoms with Gasteiger partial charge in [0.25, 0.3) is 5.91 Å². The van der Waals surface area contributed by atoms with E-state index in [1.807, 2.05) is 6.92 Å². The second kappa shape index (κ2) is 13.7. The molecule has 0 unspecified atom stereocenters. The fraction of sp³-hybridized carbons (Fsp3) is 0.333. The molecular weight excluding hydrogens is 508 g/mol. The molecule has 0 aromatic heterocycles. The van der Waals surface area contributed by atoms with Crippen molar-refractivity contribution in [2.45, 2.75) is 26.8 Å². The van der Waals surface area contributed by atoms with Gasteiger partial charge in [-0.3, -0.25) is 4.79 Å². The molecule has 0 bridgehead atoms. The summed E-state index contributed by atoms with van der Waals surface area (Å²) in [6.07, 6.45) is 1.47. The number of nitrogens with zero attached hydrogens (tertiary/aromatic N) is 1. The molecule has 0 aliphatic carbocycles. The highest BCUT2D eigenvalue weighted by molar-refractivity contribution is 5.95. The van der Waals surface area contributed by atoms with E-state index in [1.54, 1.807) is 50.2 Å². The lowest BCUT2D eigenvalue weighted by atomic mass is 9.95. The predicted molar refractivity (Wildman–Crippen MR) is 142 cm³/mol. The molecule has 3 N–H and O–H groups in total. The van der Waals surface area contributed by atoms with E-state index in [2.05, 4.69) is 21.2 Å². The van der Waals surface area contributed by atoms with Crippen molar-refractivity contribution < 1.29 is 38.1 Å². The summed E-state index contributed by atoms with van der Waals surface area (Å²) in [4.78, 5) is 36.9. The molecule has 0 saturated carbocycles. The zero-order valence-electron chi connectivity index (χ0n) is 22.5. The Morgan fingerprint density at radius 3 is 2.36 bits per heavy atom. The molecule has 0 saturated heterocycles. The summed E-state index contributed by atoms with van der Waals surface area (Å²) < 4.78 is 27.0. The van der Waals surface area contributed by atoms with Crippen molar-refractivity contribution in [1.29, 1.82) is 0 Å². The number of allylic oxidation sites excluding steroid dienone is 1. The Balaban J connectivity index is 1.66. The maximum atomic E-state index is 12.6. The zero-order chi connectivity index (χ0) is 28.4. The summed E-state index contributed by atoms with van der Waals surface area (Å²) in [7, 11) is 2.98. The van der Waals surface area contributed by atoms with E-state index < -0.39 is 23.9 Å². The third-order valence-electron chi connectivity index (χ3n) is 5.53. The van der Waals surface area contributed by atoms with Crippen LogP contribution in [0, 0.1) is 0 Å². The number of esters is 1. The maximum Gasteiger partial charge on any atom is 0.338 e. The standard InChI is InChI=1S/C27H32N4O8/c1-6-37-19-10-8-17(12-21(19)35-4)14-28-31-23(32)15-39-20-11-9-18(13-22(20)36-5)25-24(26(33)38-7-2)16(3)29-27(34)30-25/h8-14,25H,6-7,15H2,1-5H3,(H,31,32)(H2,29,30,34)/b28-14-/t25-/m0/s1. The van der Waals surface area contributed by atoms with E-state index in [-0.39, 0.29) is 24.5 Å². The van der Waals surface area contributed by atoms with Crippen LogP contribution in [-0.4, -0.2) is 58.2 Å². The highest BCUT2D eigenvalue weighted by Crippen LogP contribution is 2.34. The Hall–Kier alpha value is -4.74. The van der Waals surface area contributed by atoms with E-state index >= 15 is 0 Å². The molecule has 0 spiro atoms. The molecule has 3 rings (SSSR count). The van der Waals surface area contributed by atoms with Gasteiger partial charge in [-0.2, -0.15) is 5.10 Å². The van der Waals surface area contributed by atoms with Crippen LogP contribution >= 0.6 is 0 Å². The fourth-order valence-electron chi connectivity index (χ4n) is 3.80. The van der Waals surface area contributed by atoms with Crippen molar-refractivity contribution in [2.75, 3.05) is 34.0 Å². The lowest BCUT2D eigenvalue weighted by molar-refractivity contribution is -0.139. The van der Waals surface area contributed by atoms with Gasteiger partial charge in [0.05, 0.1) is 45.3 Å². The number of hydrazone groups is 1. The Labute approximate surface area is 226 Å². The summed E-state index contributed by atoms with van der Waals surface area (Å²) >= 11 is 0. The lowest BCUT2D eigenvalue weighted by Crippen LogP contribution is -2.45. The van der Waals surface area contributed by atoms with Gasteiger partial charge in [-0.25, -0.2) is 15.0 Å². The molecule has 0 fully saturated rings. The minimum absolute atomic E-state index is 0.187. The minimum Gasteiger partial charge on any atom is -0.493 e. The number of rotatable bonds is 12. The molecule has 2 aromatic rings. The van der Waals surface area contributed by atoms with Crippen LogP contribution in [0.2, 0.25) is 0 Å². The molecule has 208 valence electrons. The number of amides is 3. The first-order valence-corrected chi connectivity index (χ1v) is 12.2. The van der Waals surface area contributed by atoms with Crippen LogP contribution in [0.5, 0.6) is 23.0 Å². The lowest BCUT2D eigenvalue weighted by Gasteiger charge is -2.28. The van der Waals surface area contributed by atoms with Crippen molar-refractivity contribution in [3.8, 4) is 23.0 Å². The van der Waals surface area contributed by atoms with Crippen molar-refractivity contribution in [3.05, 3.63) is 58.8 Å². The van der Waals surface area contributed by atoms with Gasteiger partial charge in [0, 0.05) is 5.70 Å². The van der Waals surface area contributed by atoms with Crippen LogP contribution in [0.25, 0.3) is 0 Å². The number of ether oxygens (including phenoxy) is 5. The van der Waals surface area contributed by atoms with Crippen LogP contribution in [0.3, 0.4) is 0 Å². The van der Waals surface area contributed by atoms with Crippen LogP contribution in [0.15, 0.2) is 52.8 Å². The second-order valence-electron chi connectivity index (χ2n) is 8.13.